The molecule has 1 aliphatic heterocycles. The molecule has 1 aliphatic rings. The second-order valence-corrected chi connectivity index (χ2v) is 5.73. The first-order valence-corrected chi connectivity index (χ1v) is 7.51. The van der Waals surface area contributed by atoms with Crippen LogP contribution in [0.25, 0.3) is 0 Å². The number of carbonyl (C=O) groups is 2. The molecule has 2 rings (SSSR count). The summed E-state index contributed by atoms with van der Waals surface area (Å²) in [5.41, 5.74) is 5.60. The van der Waals surface area contributed by atoms with E-state index < -0.39 is 5.91 Å². The molecule has 7 heteroatoms. The van der Waals surface area contributed by atoms with Gasteiger partial charge in [0.25, 0.3) is 11.8 Å². The summed E-state index contributed by atoms with van der Waals surface area (Å²) < 4.78 is 10.5. The predicted octanol–water partition coefficient (Wildman–Crippen LogP) is 0.335. The van der Waals surface area contributed by atoms with Crippen molar-refractivity contribution >= 4 is 11.8 Å². The molecule has 1 aromatic carbocycles. The standard InChI is InChI=1S/C16H23N3O4/c1-11-9-18(2)6-7-19(11)16(21)12-4-5-13(14(8-12)22-3)23-10-15(17)20/h4-5,8,11H,6-7,9-10H2,1-3H3,(H2,17,20)/t11-/m1/s1. The van der Waals surface area contributed by atoms with Gasteiger partial charge in [-0.05, 0) is 32.2 Å². The van der Waals surface area contributed by atoms with Crippen LogP contribution < -0.4 is 15.2 Å². The third-order valence-electron chi connectivity index (χ3n) is 3.87. The van der Waals surface area contributed by atoms with E-state index >= 15 is 0 Å². The maximum atomic E-state index is 12.7. The number of carbonyl (C=O) groups excluding carboxylic acids is 2. The number of benzene rings is 1. The van der Waals surface area contributed by atoms with E-state index in [2.05, 4.69) is 4.90 Å². The van der Waals surface area contributed by atoms with Gasteiger partial charge >= 0.3 is 0 Å². The van der Waals surface area contributed by atoms with Crippen LogP contribution in [0.5, 0.6) is 11.5 Å². The molecule has 2 N–H and O–H groups in total. The Hall–Kier alpha value is -2.28. The van der Waals surface area contributed by atoms with Gasteiger partial charge in [0.1, 0.15) is 0 Å². The van der Waals surface area contributed by atoms with Crippen LogP contribution in [0.1, 0.15) is 17.3 Å². The second kappa shape index (κ2) is 7.32. The Balaban J connectivity index is 2.16. The second-order valence-electron chi connectivity index (χ2n) is 5.73. The Kier molecular flexibility index (Phi) is 5.44. The first kappa shape index (κ1) is 17.1. The van der Waals surface area contributed by atoms with Gasteiger partial charge in [0.05, 0.1) is 7.11 Å². The van der Waals surface area contributed by atoms with Crippen molar-refractivity contribution in [3.05, 3.63) is 23.8 Å². The number of nitrogens with zero attached hydrogens (tertiary/aromatic N) is 2. The van der Waals surface area contributed by atoms with Gasteiger partial charge in [0.2, 0.25) is 0 Å². The maximum absolute atomic E-state index is 12.7. The topological polar surface area (TPSA) is 85.1 Å². The van der Waals surface area contributed by atoms with Crippen molar-refractivity contribution < 1.29 is 19.1 Å². The van der Waals surface area contributed by atoms with Gasteiger partial charge in [-0.15, -0.1) is 0 Å². The highest BCUT2D eigenvalue weighted by atomic mass is 16.5. The molecule has 126 valence electrons. The molecule has 0 bridgehead atoms. The van der Waals surface area contributed by atoms with Crippen LogP contribution in [0.3, 0.4) is 0 Å². The quantitative estimate of drug-likeness (QED) is 0.845. The van der Waals surface area contributed by atoms with Gasteiger partial charge in [0, 0.05) is 31.2 Å². The number of piperazine rings is 1. The Morgan fingerprint density at radius 2 is 2.04 bits per heavy atom. The van der Waals surface area contributed by atoms with Crippen molar-refractivity contribution in [2.75, 3.05) is 40.4 Å². The van der Waals surface area contributed by atoms with Crippen LogP contribution in [-0.4, -0.2) is 68.1 Å². The molecule has 0 aliphatic carbocycles. The van der Waals surface area contributed by atoms with Crippen molar-refractivity contribution in [2.24, 2.45) is 5.73 Å². The number of amides is 2. The third kappa shape index (κ3) is 4.13. The Labute approximate surface area is 135 Å². The SMILES string of the molecule is COc1cc(C(=O)N2CCN(C)C[C@H]2C)ccc1OCC(N)=O. The summed E-state index contributed by atoms with van der Waals surface area (Å²) in [6.07, 6.45) is 0. The molecule has 0 spiro atoms. The van der Waals surface area contributed by atoms with E-state index in [-0.39, 0.29) is 18.6 Å². The van der Waals surface area contributed by atoms with Crippen molar-refractivity contribution in [1.82, 2.24) is 9.80 Å². The van der Waals surface area contributed by atoms with Crippen LogP contribution in [0, 0.1) is 0 Å². The molecule has 1 saturated heterocycles. The summed E-state index contributed by atoms with van der Waals surface area (Å²) in [4.78, 5) is 27.6. The minimum atomic E-state index is -0.571. The molecule has 0 aromatic heterocycles. The fraction of sp³-hybridized carbons (Fsp3) is 0.500. The van der Waals surface area contributed by atoms with E-state index in [0.29, 0.717) is 23.6 Å². The number of primary amides is 1. The number of nitrogens with two attached hydrogens (primary N) is 1. The monoisotopic (exact) mass is 321 g/mol. The number of rotatable bonds is 5. The predicted molar refractivity (Wildman–Crippen MR) is 85.7 cm³/mol. The molecule has 1 aromatic rings. The summed E-state index contributed by atoms with van der Waals surface area (Å²) in [6, 6.07) is 5.07. The molecule has 0 radical (unpaired) electrons. The smallest absolute Gasteiger partial charge is 0.255 e. The van der Waals surface area contributed by atoms with E-state index in [0.717, 1.165) is 13.1 Å². The highest BCUT2D eigenvalue weighted by Crippen LogP contribution is 2.29. The molecule has 7 nitrogen and oxygen atoms in total. The molecule has 1 heterocycles. The minimum absolute atomic E-state index is 0.0367. The minimum Gasteiger partial charge on any atom is -0.493 e. The number of ether oxygens (including phenoxy) is 2. The largest absolute Gasteiger partial charge is 0.493 e. The zero-order chi connectivity index (χ0) is 17.0. The van der Waals surface area contributed by atoms with E-state index in [4.69, 9.17) is 15.2 Å². The lowest BCUT2D eigenvalue weighted by molar-refractivity contribution is -0.119. The average Bonchev–Trinajstić information content (AvgIpc) is 2.52. The third-order valence-corrected chi connectivity index (χ3v) is 3.87. The molecule has 0 unspecified atom stereocenters. The fourth-order valence-electron chi connectivity index (χ4n) is 2.68. The Morgan fingerprint density at radius 1 is 1.30 bits per heavy atom. The van der Waals surface area contributed by atoms with Gasteiger partial charge in [-0.2, -0.15) is 0 Å². The molecule has 0 saturated carbocycles. The highest BCUT2D eigenvalue weighted by Gasteiger charge is 2.27. The van der Waals surface area contributed by atoms with Gasteiger partial charge in [-0.3, -0.25) is 9.59 Å². The normalized spacial score (nSPS) is 18.6. The zero-order valence-corrected chi connectivity index (χ0v) is 13.7. The fourth-order valence-corrected chi connectivity index (χ4v) is 2.68. The molecular weight excluding hydrogens is 298 g/mol. The van der Waals surface area contributed by atoms with Crippen LogP contribution >= 0.6 is 0 Å². The van der Waals surface area contributed by atoms with Crippen LogP contribution in [-0.2, 0) is 4.79 Å². The van der Waals surface area contributed by atoms with E-state index in [1.54, 1.807) is 18.2 Å². The molecule has 1 atom stereocenters. The summed E-state index contributed by atoms with van der Waals surface area (Å²) in [5, 5.41) is 0. The van der Waals surface area contributed by atoms with Crippen molar-refractivity contribution in [3.63, 3.8) is 0 Å². The summed E-state index contributed by atoms with van der Waals surface area (Å²) in [7, 11) is 3.53. The Morgan fingerprint density at radius 3 is 2.65 bits per heavy atom. The number of methoxy groups -OCH3 is 1. The zero-order valence-electron chi connectivity index (χ0n) is 13.7. The van der Waals surface area contributed by atoms with Crippen LogP contribution in [0.4, 0.5) is 0 Å². The number of likely N-dealkylation sites (N-methyl/N-ethyl adjacent to an activating group) is 1. The number of hydrogen-bond donors (Lipinski definition) is 1. The van der Waals surface area contributed by atoms with Gasteiger partial charge in [0.15, 0.2) is 18.1 Å². The van der Waals surface area contributed by atoms with E-state index in [1.807, 2.05) is 18.9 Å². The van der Waals surface area contributed by atoms with E-state index in [9.17, 15) is 9.59 Å². The Bertz CT molecular complexity index is 591. The summed E-state index contributed by atoms with van der Waals surface area (Å²) in [5.74, 6) is 0.178. The highest BCUT2D eigenvalue weighted by molar-refractivity contribution is 5.95. The first-order chi connectivity index (χ1) is 10.9. The molecule has 2 amide bonds. The molecular formula is C16H23N3O4. The van der Waals surface area contributed by atoms with Crippen molar-refractivity contribution in [1.29, 1.82) is 0 Å². The lowest BCUT2D eigenvalue weighted by Gasteiger charge is -2.38. The summed E-state index contributed by atoms with van der Waals surface area (Å²) in [6.45, 7) is 4.20. The summed E-state index contributed by atoms with van der Waals surface area (Å²) >= 11 is 0. The molecule has 23 heavy (non-hydrogen) atoms. The van der Waals surface area contributed by atoms with Gasteiger partial charge < -0.3 is 25.0 Å². The average molecular weight is 321 g/mol. The van der Waals surface area contributed by atoms with E-state index in [1.165, 1.54) is 7.11 Å². The van der Waals surface area contributed by atoms with Gasteiger partial charge in [-0.25, -0.2) is 0 Å². The van der Waals surface area contributed by atoms with Crippen LogP contribution in [0.2, 0.25) is 0 Å². The van der Waals surface area contributed by atoms with Crippen molar-refractivity contribution in [2.45, 2.75) is 13.0 Å². The maximum Gasteiger partial charge on any atom is 0.255 e. The number of hydrogen-bond acceptors (Lipinski definition) is 5. The van der Waals surface area contributed by atoms with Crippen LogP contribution in [0.15, 0.2) is 18.2 Å². The lowest BCUT2D eigenvalue weighted by Crippen LogP contribution is -2.52. The molecule has 1 fully saturated rings. The van der Waals surface area contributed by atoms with Crippen molar-refractivity contribution in [3.8, 4) is 11.5 Å². The van der Waals surface area contributed by atoms with Gasteiger partial charge in [-0.1, -0.05) is 0 Å². The first-order valence-electron chi connectivity index (χ1n) is 7.51. The lowest BCUT2D eigenvalue weighted by atomic mass is 10.1.